The summed E-state index contributed by atoms with van der Waals surface area (Å²) in [5, 5.41) is 0. The number of sulfonamides is 1. The number of hydrogen-bond acceptors (Lipinski definition) is 3. The second-order valence-electron chi connectivity index (χ2n) is 7.75. The molecule has 4 rings (SSSR count). The quantitative estimate of drug-likeness (QED) is 0.597. The molecule has 0 saturated carbocycles. The lowest BCUT2D eigenvalue weighted by atomic mass is 10.1. The molecule has 5 nitrogen and oxygen atoms in total. The Labute approximate surface area is 181 Å². The van der Waals surface area contributed by atoms with Crippen molar-refractivity contribution < 1.29 is 17.6 Å². The number of anilines is 2. The van der Waals surface area contributed by atoms with E-state index in [4.69, 9.17) is 0 Å². The Morgan fingerprint density at radius 1 is 1.03 bits per heavy atom. The zero-order valence-electron chi connectivity index (χ0n) is 17.3. The Morgan fingerprint density at radius 3 is 2.35 bits per heavy atom. The minimum atomic E-state index is -4.08. The van der Waals surface area contributed by atoms with E-state index >= 15 is 0 Å². The van der Waals surface area contributed by atoms with E-state index < -0.39 is 15.8 Å². The van der Waals surface area contributed by atoms with Gasteiger partial charge in [0.25, 0.3) is 10.0 Å². The first kappa shape index (κ1) is 21.1. The zero-order valence-corrected chi connectivity index (χ0v) is 18.1. The number of para-hydroxylation sites is 1. The number of amides is 1. The second kappa shape index (κ2) is 8.15. The maximum atomic E-state index is 13.4. The summed E-state index contributed by atoms with van der Waals surface area (Å²) in [6.45, 7) is 3.49. The molecular formula is C24H23FN2O3S. The normalized spacial score (nSPS) is 15.6. The third-order valence-electron chi connectivity index (χ3n) is 5.48. The Hall–Kier alpha value is -3.19. The van der Waals surface area contributed by atoms with Crippen LogP contribution < -0.4 is 9.21 Å². The van der Waals surface area contributed by atoms with E-state index in [1.54, 1.807) is 29.2 Å². The molecule has 1 aliphatic heterocycles. The van der Waals surface area contributed by atoms with Crippen molar-refractivity contribution in [3.05, 3.63) is 89.7 Å². The van der Waals surface area contributed by atoms with Gasteiger partial charge >= 0.3 is 0 Å². The van der Waals surface area contributed by atoms with Crippen LogP contribution in [0.2, 0.25) is 0 Å². The topological polar surface area (TPSA) is 57.7 Å². The van der Waals surface area contributed by atoms with Crippen molar-refractivity contribution in [3.63, 3.8) is 0 Å². The molecule has 1 aliphatic rings. The van der Waals surface area contributed by atoms with E-state index in [1.165, 1.54) is 12.1 Å². The van der Waals surface area contributed by atoms with Crippen molar-refractivity contribution in [3.8, 4) is 0 Å². The first-order valence-corrected chi connectivity index (χ1v) is 11.5. The lowest BCUT2D eigenvalue weighted by Gasteiger charge is -2.29. The second-order valence-corrected chi connectivity index (χ2v) is 9.61. The standard InChI is InChI=1S/C24H23FN2O3S/c1-17-7-11-21(12-8-17)26(31(29,30)22-13-9-20(25)10-14-22)16-24(28)27-18(2)15-19-5-3-4-6-23(19)27/h3-14,18H,15-16H2,1-2H3/t18-/m0/s1. The summed E-state index contributed by atoms with van der Waals surface area (Å²) in [5.41, 5.74) is 3.22. The minimum absolute atomic E-state index is 0.0710. The summed E-state index contributed by atoms with van der Waals surface area (Å²) in [4.78, 5) is 15.0. The predicted molar refractivity (Wildman–Crippen MR) is 119 cm³/mol. The Bertz CT molecular complexity index is 1210. The molecule has 0 N–H and O–H groups in total. The number of nitrogens with zero attached hydrogens (tertiary/aromatic N) is 2. The maximum Gasteiger partial charge on any atom is 0.264 e. The van der Waals surface area contributed by atoms with Crippen LogP contribution in [0.1, 0.15) is 18.1 Å². The van der Waals surface area contributed by atoms with Gasteiger partial charge in [-0.1, -0.05) is 35.9 Å². The molecule has 7 heteroatoms. The predicted octanol–water partition coefficient (Wildman–Crippen LogP) is 4.31. The largest absolute Gasteiger partial charge is 0.307 e. The van der Waals surface area contributed by atoms with Crippen molar-refractivity contribution in [1.82, 2.24) is 0 Å². The molecule has 1 heterocycles. The van der Waals surface area contributed by atoms with Crippen LogP contribution in [-0.4, -0.2) is 26.9 Å². The average molecular weight is 439 g/mol. The number of carbonyl (C=O) groups is 1. The van der Waals surface area contributed by atoms with Gasteiger partial charge in [-0.05, 0) is 68.3 Å². The number of benzene rings is 3. The summed E-state index contributed by atoms with van der Waals surface area (Å²) < 4.78 is 41.3. The van der Waals surface area contributed by atoms with Crippen LogP contribution in [0.4, 0.5) is 15.8 Å². The number of carbonyl (C=O) groups excluding carboxylic acids is 1. The summed E-state index contributed by atoms with van der Waals surface area (Å²) in [6.07, 6.45) is 0.719. The molecular weight excluding hydrogens is 415 g/mol. The van der Waals surface area contributed by atoms with Crippen molar-refractivity contribution in [1.29, 1.82) is 0 Å². The van der Waals surface area contributed by atoms with Crippen molar-refractivity contribution in [2.75, 3.05) is 15.7 Å². The molecule has 0 aliphatic carbocycles. The van der Waals surface area contributed by atoms with Gasteiger partial charge in [-0.3, -0.25) is 9.10 Å². The van der Waals surface area contributed by atoms with Crippen molar-refractivity contribution in [2.45, 2.75) is 31.2 Å². The SMILES string of the molecule is Cc1ccc(N(CC(=O)N2c3ccccc3C[C@@H]2C)S(=O)(=O)c2ccc(F)cc2)cc1. The molecule has 0 fully saturated rings. The maximum absolute atomic E-state index is 13.4. The molecule has 0 bridgehead atoms. The minimum Gasteiger partial charge on any atom is -0.307 e. The van der Waals surface area contributed by atoms with Gasteiger partial charge in [0.1, 0.15) is 12.4 Å². The third-order valence-corrected chi connectivity index (χ3v) is 7.27. The molecule has 3 aromatic carbocycles. The third kappa shape index (κ3) is 4.05. The summed E-state index contributed by atoms with van der Waals surface area (Å²) in [5.74, 6) is -0.844. The molecule has 0 radical (unpaired) electrons. The smallest absolute Gasteiger partial charge is 0.264 e. The zero-order chi connectivity index (χ0) is 22.2. The van der Waals surface area contributed by atoms with Crippen LogP contribution in [0, 0.1) is 12.7 Å². The van der Waals surface area contributed by atoms with Crippen LogP contribution in [0.5, 0.6) is 0 Å². The van der Waals surface area contributed by atoms with Gasteiger partial charge in [-0.15, -0.1) is 0 Å². The molecule has 31 heavy (non-hydrogen) atoms. The van der Waals surface area contributed by atoms with E-state index in [2.05, 4.69) is 0 Å². The molecule has 1 atom stereocenters. The van der Waals surface area contributed by atoms with E-state index in [-0.39, 0.29) is 23.4 Å². The molecule has 0 unspecified atom stereocenters. The van der Waals surface area contributed by atoms with Crippen molar-refractivity contribution >= 4 is 27.3 Å². The van der Waals surface area contributed by atoms with Gasteiger partial charge in [-0.25, -0.2) is 12.8 Å². The lowest BCUT2D eigenvalue weighted by Crippen LogP contribution is -2.45. The first-order chi connectivity index (χ1) is 14.8. The van der Waals surface area contributed by atoms with E-state index in [0.717, 1.165) is 39.7 Å². The molecule has 0 spiro atoms. The molecule has 1 amide bonds. The van der Waals surface area contributed by atoms with Crippen LogP contribution in [-0.2, 0) is 21.2 Å². The Morgan fingerprint density at radius 2 is 1.68 bits per heavy atom. The Kier molecular flexibility index (Phi) is 5.54. The molecule has 3 aromatic rings. The number of halogens is 1. The van der Waals surface area contributed by atoms with Gasteiger partial charge in [0.2, 0.25) is 5.91 Å². The first-order valence-electron chi connectivity index (χ1n) is 10.0. The summed E-state index contributed by atoms with van der Waals surface area (Å²) in [7, 11) is -4.08. The highest BCUT2D eigenvalue weighted by Crippen LogP contribution is 2.33. The van der Waals surface area contributed by atoms with Gasteiger partial charge in [0, 0.05) is 11.7 Å². The van der Waals surface area contributed by atoms with Crippen molar-refractivity contribution in [2.24, 2.45) is 0 Å². The van der Waals surface area contributed by atoms with Crippen LogP contribution in [0.25, 0.3) is 0 Å². The number of aryl methyl sites for hydroxylation is 1. The lowest BCUT2D eigenvalue weighted by molar-refractivity contribution is -0.117. The molecule has 160 valence electrons. The molecule has 0 aromatic heterocycles. The summed E-state index contributed by atoms with van der Waals surface area (Å²) in [6, 6.07) is 19.1. The van der Waals surface area contributed by atoms with E-state index in [9.17, 15) is 17.6 Å². The van der Waals surface area contributed by atoms with Crippen LogP contribution in [0.3, 0.4) is 0 Å². The van der Waals surface area contributed by atoms with E-state index in [0.29, 0.717) is 5.69 Å². The van der Waals surface area contributed by atoms with Crippen LogP contribution >= 0.6 is 0 Å². The monoisotopic (exact) mass is 438 g/mol. The highest BCUT2D eigenvalue weighted by atomic mass is 32.2. The van der Waals surface area contributed by atoms with Gasteiger partial charge in [0.05, 0.1) is 10.6 Å². The van der Waals surface area contributed by atoms with Gasteiger partial charge in [0.15, 0.2) is 0 Å². The average Bonchev–Trinajstić information content (AvgIpc) is 3.08. The van der Waals surface area contributed by atoms with Crippen LogP contribution in [0.15, 0.2) is 77.7 Å². The number of fused-ring (bicyclic) bond motifs is 1. The fourth-order valence-corrected chi connectivity index (χ4v) is 5.32. The fourth-order valence-electron chi connectivity index (χ4n) is 3.90. The fraction of sp³-hybridized carbons (Fsp3) is 0.208. The van der Waals surface area contributed by atoms with E-state index in [1.807, 2.05) is 38.1 Å². The summed E-state index contributed by atoms with van der Waals surface area (Å²) >= 11 is 0. The Balaban J connectivity index is 1.72. The highest BCUT2D eigenvalue weighted by Gasteiger charge is 2.34. The molecule has 0 saturated heterocycles. The van der Waals surface area contributed by atoms with Gasteiger partial charge in [-0.2, -0.15) is 0 Å². The number of hydrogen-bond donors (Lipinski definition) is 0. The highest BCUT2D eigenvalue weighted by molar-refractivity contribution is 7.92. The number of rotatable bonds is 5. The van der Waals surface area contributed by atoms with Gasteiger partial charge < -0.3 is 4.90 Å².